The Morgan fingerprint density at radius 2 is 1.74 bits per heavy atom. The first-order valence-corrected chi connectivity index (χ1v) is 8.85. The van der Waals surface area contributed by atoms with E-state index in [1.54, 1.807) is 0 Å². The van der Waals surface area contributed by atoms with Gasteiger partial charge in [0, 0.05) is 6.42 Å². The fourth-order valence-electron chi connectivity index (χ4n) is 2.77. The van der Waals surface area contributed by atoms with E-state index in [0.29, 0.717) is 17.4 Å². The number of carbonyl (C=O) groups is 2. The summed E-state index contributed by atoms with van der Waals surface area (Å²) >= 11 is 0. The molecule has 1 N–H and O–H groups in total. The van der Waals surface area contributed by atoms with Crippen LogP contribution in [0.15, 0.2) is 0 Å². The third-order valence-corrected chi connectivity index (χ3v) is 3.81. The van der Waals surface area contributed by atoms with Crippen molar-refractivity contribution in [3.8, 4) is 0 Å². The van der Waals surface area contributed by atoms with Gasteiger partial charge in [0.15, 0.2) is 6.10 Å². The summed E-state index contributed by atoms with van der Waals surface area (Å²) in [6, 6.07) is 0. The molecular formula is C18H36NO4+. The molecule has 0 aliphatic carbocycles. The first kappa shape index (κ1) is 21.9. The van der Waals surface area contributed by atoms with Crippen molar-refractivity contribution in [2.75, 3.05) is 27.7 Å². The van der Waals surface area contributed by atoms with Crippen LogP contribution in [0.4, 0.5) is 0 Å². The smallest absolute Gasteiger partial charge is 0.307 e. The van der Waals surface area contributed by atoms with E-state index in [0.717, 1.165) is 25.2 Å². The van der Waals surface area contributed by atoms with Crippen molar-refractivity contribution >= 4 is 11.9 Å². The summed E-state index contributed by atoms with van der Waals surface area (Å²) in [5, 5.41) is 8.94. The van der Waals surface area contributed by atoms with Crippen LogP contribution in [0.25, 0.3) is 0 Å². The maximum Gasteiger partial charge on any atom is 0.307 e. The van der Waals surface area contributed by atoms with E-state index in [4.69, 9.17) is 9.84 Å². The second-order valence-corrected chi connectivity index (χ2v) is 7.68. The van der Waals surface area contributed by atoms with Crippen LogP contribution in [0.2, 0.25) is 0 Å². The molecule has 5 heteroatoms. The van der Waals surface area contributed by atoms with Gasteiger partial charge in [-0.1, -0.05) is 46.0 Å². The highest BCUT2D eigenvalue weighted by Gasteiger charge is 2.24. The Balaban J connectivity index is 4.01. The third-order valence-electron chi connectivity index (χ3n) is 3.81. The van der Waals surface area contributed by atoms with Gasteiger partial charge in [-0.25, -0.2) is 0 Å². The summed E-state index contributed by atoms with van der Waals surface area (Å²) < 4.78 is 5.94. The molecule has 2 unspecified atom stereocenters. The Labute approximate surface area is 141 Å². The van der Waals surface area contributed by atoms with Gasteiger partial charge >= 0.3 is 11.9 Å². The lowest BCUT2D eigenvalue weighted by Gasteiger charge is -2.28. The van der Waals surface area contributed by atoms with Crippen LogP contribution in [0, 0.1) is 5.92 Å². The highest BCUT2D eigenvalue weighted by atomic mass is 16.5. The number of quaternary nitrogens is 1. The summed E-state index contributed by atoms with van der Waals surface area (Å²) in [6.07, 6.45) is 6.41. The molecule has 0 bridgehead atoms. The second kappa shape index (κ2) is 11.4. The summed E-state index contributed by atoms with van der Waals surface area (Å²) in [6.45, 7) is 4.99. The van der Waals surface area contributed by atoms with Gasteiger partial charge in [-0.05, 0) is 12.3 Å². The fraction of sp³-hybridized carbons (Fsp3) is 0.889. The molecule has 0 spiro atoms. The van der Waals surface area contributed by atoms with Crippen LogP contribution in [-0.4, -0.2) is 55.3 Å². The van der Waals surface area contributed by atoms with E-state index in [2.05, 4.69) is 13.8 Å². The number of unbranched alkanes of at least 4 members (excludes halogenated alkanes) is 2. The van der Waals surface area contributed by atoms with Crippen LogP contribution < -0.4 is 0 Å². The largest absolute Gasteiger partial charge is 0.481 e. The van der Waals surface area contributed by atoms with E-state index in [1.807, 2.05) is 21.1 Å². The fourth-order valence-corrected chi connectivity index (χ4v) is 2.77. The molecule has 0 rings (SSSR count). The number of hydrogen-bond acceptors (Lipinski definition) is 3. The van der Waals surface area contributed by atoms with Gasteiger partial charge in [0.2, 0.25) is 0 Å². The zero-order chi connectivity index (χ0) is 17.9. The number of hydrogen-bond donors (Lipinski definition) is 1. The second-order valence-electron chi connectivity index (χ2n) is 7.68. The number of carbonyl (C=O) groups excluding carboxylic acids is 1. The van der Waals surface area contributed by atoms with Gasteiger partial charge in [-0.15, -0.1) is 0 Å². The number of nitrogens with zero attached hydrogens (tertiary/aromatic N) is 1. The molecule has 0 aromatic carbocycles. The van der Waals surface area contributed by atoms with E-state index >= 15 is 0 Å². The van der Waals surface area contributed by atoms with Gasteiger partial charge in [-0.2, -0.15) is 0 Å². The minimum Gasteiger partial charge on any atom is -0.481 e. The minimum atomic E-state index is -0.929. The Morgan fingerprint density at radius 1 is 1.09 bits per heavy atom. The van der Waals surface area contributed by atoms with Crippen molar-refractivity contribution in [3.05, 3.63) is 0 Å². The molecule has 0 aliphatic rings. The lowest BCUT2D eigenvalue weighted by molar-refractivity contribution is -0.873. The van der Waals surface area contributed by atoms with Crippen molar-refractivity contribution in [1.82, 2.24) is 0 Å². The SMILES string of the molecule is CCCC(C)CCCCCC(=O)OC(CC(=O)O)C[N+](C)(C)C. The van der Waals surface area contributed by atoms with Crippen LogP contribution in [-0.2, 0) is 14.3 Å². The lowest BCUT2D eigenvalue weighted by Crippen LogP contribution is -2.43. The minimum absolute atomic E-state index is 0.129. The van der Waals surface area contributed by atoms with Gasteiger partial charge < -0.3 is 14.3 Å². The van der Waals surface area contributed by atoms with Crippen molar-refractivity contribution < 1.29 is 23.9 Å². The van der Waals surface area contributed by atoms with Crippen molar-refractivity contribution in [2.24, 2.45) is 5.92 Å². The Hall–Kier alpha value is -1.10. The molecule has 0 saturated carbocycles. The molecule has 0 heterocycles. The maximum absolute atomic E-state index is 11.9. The van der Waals surface area contributed by atoms with E-state index in [-0.39, 0.29) is 12.4 Å². The standard InChI is InChI=1S/C18H35NO4/c1-6-10-15(2)11-8-7-9-12-18(22)23-16(13-17(20)21)14-19(3,4)5/h15-16H,6-14H2,1-5H3/p+1. The average molecular weight is 330 g/mol. The van der Waals surface area contributed by atoms with Gasteiger partial charge in [0.25, 0.3) is 0 Å². The number of rotatable bonds is 13. The number of carboxylic acid groups (broad SMARTS) is 1. The van der Waals surface area contributed by atoms with E-state index in [1.165, 1.54) is 19.3 Å². The number of likely N-dealkylation sites (N-methyl/N-ethyl adjacent to an activating group) is 1. The van der Waals surface area contributed by atoms with Crippen molar-refractivity contribution in [3.63, 3.8) is 0 Å². The van der Waals surface area contributed by atoms with E-state index in [9.17, 15) is 9.59 Å². The van der Waals surface area contributed by atoms with Crippen LogP contribution in [0.5, 0.6) is 0 Å². The molecule has 2 atom stereocenters. The van der Waals surface area contributed by atoms with Gasteiger partial charge in [-0.3, -0.25) is 9.59 Å². The van der Waals surface area contributed by atoms with Gasteiger partial charge in [0.05, 0.1) is 27.6 Å². The topological polar surface area (TPSA) is 63.6 Å². The predicted molar refractivity (Wildman–Crippen MR) is 92.2 cm³/mol. The number of esters is 1. The molecule has 0 saturated heterocycles. The highest BCUT2D eigenvalue weighted by molar-refractivity contribution is 5.71. The molecule has 0 amide bonds. The number of carboxylic acids is 1. The normalized spacial score (nSPS) is 14.3. The lowest BCUT2D eigenvalue weighted by atomic mass is 9.98. The van der Waals surface area contributed by atoms with Crippen molar-refractivity contribution in [2.45, 2.75) is 71.3 Å². The average Bonchev–Trinajstić information content (AvgIpc) is 2.35. The molecule has 0 fully saturated rings. The number of ether oxygens (including phenoxy) is 1. The summed E-state index contributed by atoms with van der Waals surface area (Å²) in [5.74, 6) is -0.441. The quantitative estimate of drug-likeness (QED) is 0.319. The molecule has 0 aliphatic heterocycles. The first-order chi connectivity index (χ1) is 10.6. The maximum atomic E-state index is 11.9. The monoisotopic (exact) mass is 330 g/mol. The molecule has 5 nitrogen and oxygen atoms in total. The van der Waals surface area contributed by atoms with E-state index < -0.39 is 12.1 Å². The molecule has 0 aromatic rings. The van der Waals surface area contributed by atoms with Crippen LogP contribution in [0.1, 0.15) is 65.2 Å². The predicted octanol–water partition coefficient (Wildman–Crippen LogP) is 3.47. The summed E-state index contributed by atoms with van der Waals surface area (Å²) in [4.78, 5) is 22.8. The molecule has 0 aromatic heterocycles. The summed E-state index contributed by atoms with van der Waals surface area (Å²) in [5.41, 5.74) is 0. The molecule has 136 valence electrons. The number of aliphatic carboxylic acids is 1. The highest BCUT2D eigenvalue weighted by Crippen LogP contribution is 2.15. The molecule has 0 radical (unpaired) electrons. The van der Waals surface area contributed by atoms with Crippen LogP contribution in [0.3, 0.4) is 0 Å². The van der Waals surface area contributed by atoms with Crippen molar-refractivity contribution in [1.29, 1.82) is 0 Å². The molecular weight excluding hydrogens is 294 g/mol. The molecule has 23 heavy (non-hydrogen) atoms. The summed E-state index contributed by atoms with van der Waals surface area (Å²) in [7, 11) is 5.88. The Bertz CT molecular complexity index is 349. The Morgan fingerprint density at radius 3 is 2.26 bits per heavy atom. The van der Waals surface area contributed by atoms with Crippen LogP contribution >= 0.6 is 0 Å². The third kappa shape index (κ3) is 14.2. The van der Waals surface area contributed by atoms with Gasteiger partial charge in [0.1, 0.15) is 6.54 Å². The zero-order valence-electron chi connectivity index (χ0n) is 15.6. The Kier molecular flexibility index (Phi) is 10.9. The zero-order valence-corrected chi connectivity index (χ0v) is 15.6. The first-order valence-electron chi connectivity index (χ1n) is 8.85.